The van der Waals surface area contributed by atoms with Gasteiger partial charge < -0.3 is 20.5 Å². The van der Waals surface area contributed by atoms with Crippen LogP contribution in [0.2, 0.25) is 0 Å². The van der Waals surface area contributed by atoms with E-state index in [1.54, 1.807) is 50.2 Å². The second-order valence-electron chi connectivity index (χ2n) is 9.70. The summed E-state index contributed by atoms with van der Waals surface area (Å²) in [6.07, 6.45) is 3.24. The summed E-state index contributed by atoms with van der Waals surface area (Å²) in [6.45, 7) is 12.3. The molecule has 19 nitrogen and oxygen atoms in total. The Morgan fingerprint density at radius 2 is 1.13 bits per heavy atom. The van der Waals surface area contributed by atoms with Gasteiger partial charge in [-0.1, -0.05) is 80.0 Å². The van der Waals surface area contributed by atoms with Crippen LogP contribution >= 0.6 is 15.9 Å². The van der Waals surface area contributed by atoms with Gasteiger partial charge in [-0.2, -0.15) is 28.8 Å². The van der Waals surface area contributed by atoms with E-state index in [9.17, 15) is 34.6 Å². The number of nitrogens with zero attached hydrogens (tertiary/aromatic N) is 2. The number of benzene rings is 2. The van der Waals surface area contributed by atoms with Crippen LogP contribution < -0.4 is 45.3 Å². The number of hydrogen-bond donors (Lipinski definition) is 2. The molecule has 300 valence electrons. The van der Waals surface area contributed by atoms with Crippen LogP contribution in [0.1, 0.15) is 78.9 Å². The normalized spacial score (nSPS) is 9.11. The summed E-state index contributed by atoms with van der Waals surface area (Å²) >= 11 is 3.17. The number of carbonyl (C=O) groups excluding carboxylic acids is 9. The average Bonchev–Trinajstić information content (AvgIpc) is 3.12. The number of alkyl halides is 1. The molecule has 55 heavy (non-hydrogen) atoms. The van der Waals surface area contributed by atoms with Crippen LogP contribution in [0, 0.1) is 20.2 Å². The van der Waals surface area contributed by atoms with E-state index in [1.807, 2.05) is 20.8 Å². The van der Waals surface area contributed by atoms with Gasteiger partial charge in [-0.3, -0.25) is 29.8 Å². The number of halogens is 1. The predicted molar refractivity (Wildman–Crippen MR) is 190 cm³/mol. The molecule has 1 unspecified atom stereocenters. The first-order chi connectivity index (χ1) is 25.5. The molecule has 1 atom stereocenters. The number of hydrogen-bond acceptors (Lipinski definition) is 15. The Labute approximate surface area is 349 Å². The number of ether oxygens (including phenoxy) is 1. The maximum absolute atomic E-state index is 11.3. The van der Waals surface area contributed by atoms with Crippen LogP contribution in [0.4, 0.5) is 11.4 Å². The molecule has 0 aliphatic heterocycles. The monoisotopic (exact) mass is 852 g/mol. The summed E-state index contributed by atoms with van der Waals surface area (Å²) in [5.41, 5.74) is 1.23. The van der Waals surface area contributed by atoms with Gasteiger partial charge >= 0.3 is 54.0 Å². The maximum Gasteiger partial charge on any atom is 1.00 e. The Hall–Kier alpha value is -4.77. The molecule has 2 N–H and O–H groups in total. The van der Waals surface area contributed by atoms with Crippen molar-refractivity contribution in [2.75, 3.05) is 13.2 Å². The van der Waals surface area contributed by atoms with Gasteiger partial charge in [0.05, 0.1) is 16.5 Å². The molecule has 2 amide bonds. The van der Waals surface area contributed by atoms with Gasteiger partial charge in [-0.25, -0.2) is 4.79 Å². The van der Waals surface area contributed by atoms with Gasteiger partial charge in [0, 0.05) is 54.4 Å². The second kappa shape index (κ2) is 42.0. The largest absolute Gasteiger partial charge is 1.00 e. The van der Waals surface area contributed by atoms with E-state index in [1.165, 1.54) is 26.0 Å². The third-order valence-corrected chi connectivity index (χ3v) is 6.81. The van der Waals surface area contributed by atoms with Crippen LogP contribution in [0.3, 0.4) is 0 Å². The maximum atomic E-state index is 11.3. The number of nitro benzene ring substituents is 2. The molecule has 0 saturated heterocycles. The predicted octanol–water partition coefficient (Wildman–Crippen LogP) is 0.406. The zero-order valence-electron chi connectivity index (χ0n) is 32.0. The fourth-order valence-electron chi connectivity index (χ4n) is 3.92. The fourth-order valence-corrected chi connectivity index (χ4v) is 4.39. The van der Waals surface area contributed by atoms with Gasteiger partial charge in [0.25, 0.3) is 11.4 Å². The van der Waals surface area contributed by atoms with Crippen molar-refractivity contribution in [3.8, 4) is 0 Å². The van der Waals surface area contributed by atoms with Crippen molar-refractivity contribution in [3.63, 3.8) is 0 Å². The molecule has 0 radical (unpaired) electrons. The first kappa shape index (κ1) is 62.2. The van der Waals surface area contributed by atoms with Crippen LogP contribution in [0.15, 0.2) is 48.5 Å². The van der Waals surface area contributed by atoms with Crippen molar-refractivity contribution in [2.45, 2.75) is 91.1 Å². The van der Waals surface area contributed by atoms with Crippen molar-refractivity contribution < 1.29 is 92.4 Å². The third kappa shape index (κ3) is 34.7. The molecule has 21 heteroatoms. The number of nitro groups is 2. The van der Waals surface area contributed by atoms with Gasteiger partial charge in [0.1, 0.15) is 6.04 Å². The van der Waals surface area contributed by atoms with Crippen molar-refractivity contribution in [3.05, 3.63) is 79.9 Å². The number of nitrogens with one attached hydrogen (secondary N) is 2. The van der Waals surface area contributed by atoms with Crippen LogP contribution in [-0.4, -0.2) is 70.9 Å². The average molecular weight is 854 g/mol. The quantitative estimate of drug-likeness (QED) is 0.0961. The Balaban J connectivity index is -0.000000145. The van der Waals surface area contributed by atoms with Crippen LogP contribution in [-0.2, 0) is 59.6 Å². The molecule has 0 fully saturated rings. The van der Waals surface area contributed by atoms with E-state index >= 15 is 0 Å². The SMILES string of the molecule is CCC(CC)(Cc1ccccc1[N+](=O)[O-])NC(C)=O.CCOC(=O)C(CC)NC(C)=O.CC[O-].O=C=O.O=C=O.O=C=O.O=[N+]([O-])c1ccccc1CBr.[Na+]. The van der Waals surface area contributed by atoms with E-state index < -0.39 is 11.6 Å². The molecule has 0 aromatic heterocycles. The molecule has 0 aliphatic rings. The standard InChI is InChI=1S/C14H20N2O3.C8H15NO3.C7H6BrNO2.C2H5O.3CO2.Na/c1-4-14(5-2,15-11(3)17)10-12-8-6-7-9-13(12)16(18)19;1-4-7(9-6(3)10)8(11)12-5-2;8-5-6-3-1-2-4-7(6)9(10)11;1-2-3;3*2-1-3;/h6-9H,4-5,10H2,1-3H3,(H,15,17);7H,4-5H2,1-3H3,(H,9,10);1-4H,5H2;2H2,1H3;;;;/q;;;-1;;;;+1. The Kier molecular flexibility index (Phi) is 47.5. The first-order valence-electron chi connectivity index (χ1n) is 15.8. The Morgan fingerprint density at radius 3 is 1.40 bits per heavy atom. The molecule has 2 rings (SSSR count). The minimum atomic E-state index is -0.498. The molecule has 0 aliphatic carbocycles. The van der Waals surface area contributed by atoms with Crippen LogP contribution in [0.5, 0.6) is 0 Å². The topological polar surface area (TPSA) is 296 Å². The molecular weight excluding hydrogens is 807 g/mol. The number of para-hydroxylation sites is 2. The number of esters is 1. The summed E-state index contributed by atoms with van der Waals surface area (Å²) in [6, 6.07) is 12.9. The van der Waals surface area contributed by atoms with E-state index in [0.717, 1.165) is 12.8 Å². The van der Waals surface area contributed by atoms with E-state index in [0.29, 0.717) is 35.9 Å². The smallest absolute Gasteiger partial charge is 0.855 e. The summed E-state index contributed by atoms with van der Waals surface area (Å²) in [7, 11) is 0. The van der Waals surface area contributed by atoms with Crippen molar-refractivity contribution >= 4 is 63.5 Å². The van der Waals surface area contributed by atoms with Crippen molar-refractivity contribution in [1.82, 2.24) is 10.6 Å². The van der Waals surface area contributed by atoms with E-state index in [4.69, 9.17) is 38.6 Å². The minimum absolute atomic E-state index is 0. The summed E-state index contributed by atoms with van der Waals surface area (Å²) in [5, 5.41) is 36.3. The van der Waals surface area contributed by atoms with Gasteiger partial charge in [-0.05, 0) is 26.2 Å². The Bertz CT molecular complexity index is 1460. The summed E-state index contributed by atoms with van der Waals surface area (Å²) < 4.78 is 4.74. The Morgan fingerprint density at radius 1 is 0.764 bits per heavy atom. The molecule has 0 heterocycles. The fraction of sp³-hybridized carbons (Fsp3) is 0.471. The number of amides is 2. The minimum Gasteiger partial charge on any atom is -0.855 e. The summed E-state index contributed by atoms with van der Waals surface area (Å²) in [5.74, 6) is -0.688. The van der Waals surface area contributed by atoms with E-state index in [-0.39, 0.29) is 93.6 Å². The van der Waals surface area contributed by atoms with Crippen LogP contribution in [0.25, 0.3) is 0 Å². The molecule has 0 spiro atoms. The zero-order chi connectivity index (χ0) is 43.1. The van der Waals surface area contributed by atoms with E-state index in [2.05, 4.69) is 26.6 Å². The zero-order valence-corrected chi connectivity index (χ0v) is 35.6. The molecular formula is C34H46BrN4NaO15. The van der Waals surface area contributed by atoms with Gasteiger partial charge in [0.15, 0.2) is 0 Å². The van der Waals surface area contributed by atoms with Gasteiger partial charge in [-0.15, -0.1) is 6.61 Å². The molecule has 2 aromatic rings. The third-order valence-electron chi connectivity index (χ3n) is 6.20. The van der Waals surface area contributed by atoms with Gasteiger partial charge in [0.2, 0.25) is 11.8 Å². The van der Waals surface area contributed by atoms with Crippen molar-refractivity contribution in [1.29, 1.82) is 0 Å². The first-order valence-corrected chi connectivity index (χ1v) is 16.9. The number of carbonyl (C=O) groups is 3. The molecule has 2 aromatic carbocycles. The number of rotatable bonds is 12. The summed E-state index contributed by atoms with van der Waals surface area (Å²) in [4.78, 5) is 102. The molecule has 0 saturated carbocycles. The van der Waals surface area contributed by atoms with Crippen molar-refractivity contribution in [2.24, 2.45) is 0 Å². The molecule has 0 bridgehead atoms. The second-order valence-corrected chi connectivity index (χ2v) is 10.3.